The minimum Gasteiger partial charge on any atom is -0.478 e. The van der Waals surface area contributed by atoms with Crippen LogP contribution in [0.4, 0.5) is 0 Å². The maximum atomic E-state index is 11.7. The summed E-state index contributed by atoms with van der Waals surface area (Å²) >= 11 is 0. The Hall–Kier alpha value is -2.95. The lowest BCUT2D eigenvalue weighted by Gasteiger charge is -2.39. The van der Waals surface area contributed by atoms with Gasteiger partial charge in [0, 0.05) is 12.5 Å². The van der Waals surface area contributed by atoms with Crippen LogP contribution in [0.3, 0.4) is 0 Å². The minimum atomic E-state index is -0.944. The van der Waals surface area contributed by atoms with Crippen molar-refractivity contribution in [2.24, 2.45) is 5.92 Å². The van der Waals surface area contributed by atoms with Gasteiger partial charge in [-0.05, 0) is 49.2 Å². The van der Waals surface area contributed by atoms with Crippen LogP contribution in [0.25, 0.3) is 0 Å². The average molecular weight is 432 g/mol. The zero-order valence-corrected chi connectivity index (χ0v) is 18.7. The molecule has 1 heterocycles. The first-order valence-corrected chi connectivity index (χ1v) is 11.4. The van der Waals surface area contributed by atoms with E-state index in [0.29, 0.717) is 5.56 Å². The summed E-state index contributed by atoms with van der Waals surface area (Å²) in [4.78, 5) is 12.7. The van der Waals surface area contributed by atoms with Crippen LogP contribution < -0.4 is 0 Å². The van der Waals surface area contributed by atoms with Crippen molar-refractivity contribution in [2.45, 2.75) is 31.8 Å². The molecule has 0 radical (unpaired) electrons. The Bertz CT molecular complexity index is 899. The smallest absolute Gasteiger partial charge is 0.335 e. The molecular formula is C28H33NO3. The van der Waals surface area contributed by atoms with Gasteiger partial charge in [0.05, 0.1) is 5.56 Å². The molecule has 3 aromatic carbocycles. The SMILES string of the molecule is CC(CN1CCCCC1)C(O)(c1ccccc1)c1ccccc1.O=C(O)c1ccccc1. The fourth-order valence-electron chi connectivity index (χ4n) is 4.36. The molecule has 0 spiro atoms. The lowest BCUT2D eigenvalue weighted by atomic mass is 9.76. The van der Waals surface area contributed by atoms with E-state index in [4.69, 9.17) is 5.11 Å². The molecule has 0 saturated carbocycles. The molecule has 4 rings (SSSR count). The third-order valence-electron chi connectivity index (χ3n) is 6.14. The molecule has 0 bridgehead atoms. The van der Waals surface area contributed by atoms with E-state index in [2.05, 4.69) is 11.8 Å². The third kappa shape index (κ3) is 6.06. The van der Waals surface area contributed by atoms with Gasteiger partial charge < -0.3 is 15.1 Å². The van der Waals surface area contributed by atoms with Gasteiger partial charge in [-0.3, -0.25) is 0 Å². The number of aliphatic hydroxyl groups is 1. The Kier molecular flexibility index (Phi) is 8.60. The molecule has 1 aliphatic rings. The molecule has 1 aliphatic heterocycles. The van der Waals surface area contributed by atoms with Gasteiger partial charge >= 0.3 is 5.97 Å². The predicted octanol–water partition coefficient (Wildman–Crippen LogP) is 5.43. The predicted molar refractivity (Wildman–Crippen MR) is 129 cm³/mol. The van der Waals surface area contributed by atoms with E-state index in [1.165, 1.54) is 19.3 Å². The number of rotatable bonds is 6. The van der Waals surface area contributed by atoms with E-state index in [-0.39, 0.29) is 5.92 Å². The molecule has 168 valence electrons. The number of likely N-dealkylation sites (tertiary alicyclic amines) is 1. The van der Waals surface area contributed by atoms with Crippen molar-refractivity contribution in [3.63, 3.8) is 0 Å². The standard InChI is InChI=1S/C21H27NO.C7H6O2/c1-18(17-22-15-9-4-10-16-22)21(23,19-11-5-2-6-12-19)20-13-7-3-8-14-20;8-7(9)6-4-2-1-3-5-6/h2-3,5-8,11-14,18,23H,4,9-10,15-17H2,1H3;1-5H,(H,8,9). The summed E-state index contributed by atoms with van der Waals surface area (Å²) in [5, 5.41) is 20.1. The Morgan fingerprint density at radius 2 is 1.25 bits per heavy atom. The second-order valence-corrected chi connectivity index (χ2v) is 8.43. The van der Waals surface area contributed by atoms with Crippen LogP contribution in [-0.2, 0) is 5.60 Å². The lowest BCUT2D eigenvalue weighted by Crippen LogP contribution is -2.43. The fourth-order valence-corrected chi connectivity index (χ4v) is 4.36. The van der Waals surface area contributed by atoms with E-state index >= 15 is 0 Å². The Labute approximate surface area is 191 Å². The van der Waals surface area contributed by atoms with Gasteiger partial charge in [0.2, 0.25) is 0 Å². The molecule has 4 heteroatoms. The van der Waals surface area contributed by atoms with Crippen LogP contribution in [0, 0.1) is 5.92 Å². The van der Waals surface area contributed by atoms with Gasteiger partial charge in [-0.1, -0.05) is 92.2 Å². The third-order valence-corrected chi connectivity index (χ3v) is 6.14. The number of piperidine rings is 1. The number of carbonyl (C=O) groups is 1. The average Bonchev–Trinajstić information content (AvgIpc) is 2.86. The summed E-state index contributed by atoms with van der Waals surface area (Å²) in [6.07, 6.45) is 3.90. The van der Waals surface area contributed by atoms with Crippen LogP contribution in [0.2, 0.25) is 0 Å². The molecule has 1 saturated heterocycles. The number of carboxylic acid groups (broad SMARTS) is 1. The number of carboxylic acids is 1. The summed E-state index contributed by atoms with van der Waals surface area (Å²) < 4.78 is 0. The van der Waals surface area contributed by atoms with Crippen molar-refractivity contribution in [1.82, 2.24) is 4.90 Å². The molecule has 2 N–H and O–H groups in total. The largest absolute Gasteiger partial charge is 0.478 e. The second kappa shape index (κ2) is 11.6. The Morgan fingerprint density at radius 1 is 0.812 bits per heavy atom. The highest BCUT2D eigenvalue weighted by atomic mass is 16.4. The quantitative estimate of drug-likeness (QED) is 0.546. The van der Waals surface area contributed by atoms with Gasteiger partial charge in [-0.2, -0.15) is 0 Å². The summed E-state index contributed by atoms with van der Waals surface area (Å²) in [7, 11) is 0. The molecule has 4 nitrogen and oxygen atoms in total. The highest BCUT2D eigenvalue weighted by Gasteiger charge is 2.38. The van der Waals surface area contributed by atoms with E-state index in [9.17, 15) is 9.90 Å². The molecule has 32 heavy (non-hydrogen) atoms. The molecular weight excluding hydrogens is 398 g/mol. The summed E-state index contributed by atoms with van der Waals surface area (Å²) in [5.41, 5.74) is 1.35. The van der Waals surface area contributed by atoms with Gasteiger partial charge in [0.15, 0.2) is 0 Å². The first kappa shape index (κ1) is 23.7. The monoisotopic (exact) mass is 431 g/mol. The highest BCUT2D eigenvalue weighted by Crippen LogP contribution is 2.37. The van der Waals surface area contributed by atoms with Gasteiger partial charge in [-0.15, -0.1) is 0 Å². The molecule has 0 aliphatic carbocycles. The van der Waals surface area contributed by atoms with Crippen molar-refractivity contribution in [3.05, 3.63) is 108 Å². The van der Waals surface area contributed by atoms with Crippen molar-refractivity contribution in [3.8, 4) is 0 Å². The van der Waals surface area contributed by atoms with Crippen LogP contribution in [0.1, 0.15) is 47.7 Å². The van der Waals surface area contributed by atoms with Crippen molar-refractivity contribution in [1.29, 1.82) is 0 Å². The summed E-state index contributed by atoms with van der Waals surface area (Å²) in [6.45, 7) is 5.42. The van der Waals surface area contributed by atoms with Crippen LogP contribution >= 0.6 is 0 Å². The molecule has 3 aromatic rings. The normalized spacial score (nSPS) is 15.3. The molecule has 1 atom stereocenters. The number of hydrogen-bond donors (Lipinski definition) is 2. The number of nitrogens with zero attached hydrogens (tertiary/aromatic N) is 1. The van der Waals surface area contributed by atoms with Crippen molar-refractivity contribution < 1.29 is 15.0 Å². The highest BCUT2D eigenvalue weighted by molar-refractivity contribution is 5.87. The number of hydrogen-bond acceptors (Lipinski definition) is 3. The van der Waals surface area contributed by atoms with Crippen LogP contribution in [0.5, 0.6) is 0 Å². The van der Waals surface area contributed by atoms with Crippen molar-refractivity contribution in [2.75, 3.05) is 19.6 Å². The number of aromatic carboxylic acids is 1. The van der Waals surface area contributed by atoms with E-state index in [1.54, 1.807) is 30.3 Å². The van der Waals surface area contributed by atoms with E-state index < -0.39 is 11.6 Å². The zero-order chi connectivity index (χ0) is 22.8. The van der Waals surface area contributed by atoms with Crippen LogP contribution in [-0.4, -0.2) is 40.7 Å². The van der Waals surface area contributed by atoms with Crippen LogP contribution in [0.15, 0.2) is 91.0 Å². The molecule has 1 unspecified atom stereocenters. The molecule has 0 amide bonds. The number of benzene rings is 3. The summed E-state index contributed by atoms with van der Waals surface area (Å²) in [5.74, 6) is -0.749. The second-order valence-electron chi connectivity index (χ2n) is 8.43. The Balaban J connectivity index is 0.000000269. The maximum Gasteiger partial charge on any atom is 0.335 e. The van der Waals surface area contributed by atoms with E-state index in [1.807, 2.05) is 60.7 Å². The Morgan fingerprint density at radius 3 is 1.66 bits per heavy atom. The van der Waals surface area contributed by atoms with Crippen molar-refractivity contribution >= 4 is 5.97 Å². The minimum absolute atomic E-state index is 0.130. The molecule has 1 fully saturated rings. The van der Waals surface area contributed by atoms with Gasteiger partial charge in [-0.25, -0.2) is 4.79 Å². The first-order valence-electron chi connectivity index (χ1n) is 11.4. The maximum absolute atomic E-state index is 11.7. The zero-order valence-electron chi connectivity index (χ0n) is 18.7. The summed E-state index contributed by atoms with van der Waals surface area (Å²) in [6, 6.07) is 28.5. The lowest BCUT2D eigenvalue weighted by molar-refractivity contribution is 0.00489. The van der Waals surface area contributed by atoms with Gasteiger partial charge in [0.1, 0.15) is 5.60 Å². The van der Waals surface area contributed by atoms with E-state index in [0.717, 1.165) is 30.8 Å². The van der Waals surface area contributed by atoms with Gasteiger partial charge in [0.25, 0.3) is 0 Å². The fraction of sp³-hybridized carbons (Fsp3) is 0.321. The topological polar surface area (TPSA) is 60.8 Å². The first-order chi connectivity index (χ1) is 15.5. The molecule has 0 aromatic heterocycles.